The quantitative estimate of drug-likeness (QED) is 0.355. The molecule has 2 atom stereocenters. The van der Waals surface area contributed by atoms with Gasteiger partial charge in [0.1, 0.15) is 5.82 Å². The van der Waals surface area contributed by atoms with Crippen molar-refractivity contribution in [3.8, 4) is 0 Å². The van der Waals surface area contributed by atoms with E-state index < -0.39 is 33.8 Å². The number of hydrogen-bond acceptors (Lipinski definition) is 8. The van der Waals surface area contributed by atoms with Crippen molar-refractivity contribution in [3.05, 3.63) is 114 Å². The molecule has 1 saturated heterocycles. The van der Waals surface area contributed by atoms with E-state index in [1.165, 1.54) is 11.8 Å². The Morgan fingerprint density at radius 3 is 2.40 bits per heavy atom. The van der Waals surface area contributed by atoms with Crippen molar-refractivity contribution >= 4 is 40.4 Å². The summed E-state index contributed by atoms with van der Waals surface area (Å²) in [6.07, 6.45) is 2.97. The molecule has 13 heteroatoms. The van der Waals surface area contributed by atoms with Crippen LogP contribution in [0.3, 0.4) is 0 Å². The number of thioether (sulfide) groups is 1. The van der Waals surface area contributed by atoms with Gasteiger partial charge in [-0.2, -0.15) is 0 Å². The molecule has 6 rings (SSSR count). The fraction of sp³-hybridized carbons (Fsp3) is 0.172. The van der Waals surface area contributed by atoms with E-state index in [-0.39, 0.29) is 11.8 Å². The molecule has 0 spiro atoms. The molecule has 2 aromatic carbocycles. The van der Waals surface area contributed by atoms with Crippen LogP contribution >= 0.6 is 11.8 Å². The third-order valence-corrected chi connectivity index (χ3v) is 8.52. The fourth-order valence-electron chi connectivity index (χ4n) is 5.07. The molecule has 0 bridgehead atoms. The van der Waals surface area contributed by atoms with Crippen molar-refractivity contribution in [2.75, 3.05) is 29.9 Å². The van der Waals surface area contributed by atoms with Crippen LogP contribution in [0.15, 0.2) is 84.2 Å². The molecule has 0 saturated carbocycles. The van der Waals surface area contributed by atoms with Crippen LogP contribution in [0.2, 0.25) is 0 Å². The molecule has 0 aliphatic carbocycles. The van der Waals surface area contributed by atoms with E-state index in [2.05, 4.69) is 30.6 Å². The molecule has 9 nitrogen and oxygen atoms in total. The summed E-state index contributed by atoms with van der Waals surface area (Å²) in [6.45, 7) is 1.26. The van der Waals surface area contributed by atoms with Crippen LogP contribution in [0.25, 0.3) is 0 Å². The normalized spacial score (nSPS) is 19.5. The Bertz CT molecular complexity index is 1690. The van der Waals surface area contributed by atoms with Gasteiger partial charge in [-0.15, -0.1) is 0 Å². The highest BCUT2D eigenvalue weighted by atomic mass is 32.2. The first-order valence-electron chi connectivity index (χ1n) is 12.9. The summed E-state index contributed by atoms with van der Waals surface area (Å²) in [6, 6.07) is 16.4. The highest BCUT2D eigenvalue weighted by Crippen LogP contribution is 2.51. The average molecular weight is 590 g/mol. The number of amides is 2. The van der Waals surface area contributed by atoms with Crippen LogP contribution in [0, 0.1) is 23.4 Å². The molecule has 2 aromatic heterocycles. The highest BCUT2D eigenvalue weighted by molar-refractivity contribution is 8.14. The number of aliphatic imine (C=N–C) groups is 1. The minimum Gasteiger partial charge on any atom is -0.339 e. The zero-order valence-corrected chi connectivity index (χ0v) is 22.6. The largest absolute Gasteiger partial charge is 0.339 e. The summed E-state index contributed by atoms with van der Waals surface area (Å²) >= 11 is 1.38. The molecule has 0 unspecified atom stereocenters. The van der Waals surface area contributed by atoms with Gasteiger partial charge < -0.3 is 15.5 Å². The second kappa shape index (κ2) is 11.2. The number of benzene rings is 2. The fourth-order valence-corrected chi connectivity index (χ4v) is 6.48. The number of nitrogens with one attached hydrogen (secondary N) is 2. The Morgan fingerprint density at radius 1 is 0.881 bits per heavy atom. The number of carbonyl (C=O) groups excluding carboxylic acids is 2. The van der Waals surface area contributed by atoms with E-state index in [1.807, 2.05) is 17.0 Å². The predicted octanol–water partition coefficient (Wildman–Crippen LogP) is 4.41. The smallest absolute Gasteiger partial charge is 0.277 e. The summed E-state index contributed by atoms with van der Waals surface area (Å²) in [5, 5.41) is 5.97. The molecular weight excluding hydrogens is 567 g/mol. The van der Waals surface area contributed by atoms with Gasteiger partial charge >= 0.3 is 0 Å². The number of carbonyl (C=O) groups is 2. The number of hydrogen-bond donors (Lipinski definition) is 2. The van der Waals surface area contributed by atoms with E-state index in [4.69, 9.17) is 0 Å². The Labute approximate surface area is 242 Å². The summed E-state index contributed by atoms with van der Waals surface area (Å²) in [4.78, 5) is 44.2. The Hall–Kier alpha value is -4.78. The van der Waals surface area contributed by atoms with Gasteiger partial charge in [0.15, 0.2) is 22.5 Å². The maximum absolute atomic E-state index is 14.2. The number of fused-ring (bicyclic) bond motifs is 1. The molecule has 2 aliphatic heterocycles. The van der Waals surface area contributed by atoms with Crippen molar-refractivity contribution < 1.29 is 22.8 Å². The third-order valence-electron chi connectivity index (χ3n) is 7.04. The van der Waals surface area contributed by atoms with Crippen LogP contribution < -0.4 is 15.5 Å². The van der Waals surface area contributed by atoms with Gasteiger partial charge in [0.05, 0.1) is 23.3 Å². The molecule has 0 radical (unpaired) electrons. The van der Waals surface area contributed by atoms with Crippen LogP contribution in [0.1, 0.15) is 26.4 Å². The van der Waals surface area contributed by atoms with E-state index in [0.717, 1.165) is 24.2 Å². The monoisotopic (exact) mass is 589 g/mol. The number of pyridine rings is 1. The van der Waals surface area contributed by atoms with Gasteiger partial charge in [-0.1, -0.05) is 42.1 Å². The van der Waals surface area contributed by atoms with Crippen LogP contribution in [-0.2, 0) is 4.75 Å². The van der Waals surface area contributed by atoms with Crippen LogP contribution in [0.5, 0.6) is 0 Å². The van der Waals surface area contributed by atoms with Gasteiger partial charge in [0.2, 0.25) is 5.95 Å². The summed E-state index contributed by atoms with van der Waals surface area (Å²) in [5.41, 5.74) is 1.11. The maximum atomic E-state index is 14.2. The number of aromatic nitrogens is 3. The number of amidine groups is 1. The average Bonchev–Trinajstić information content (AvgIpc) is 3.38. The number of halogens is 3. The Kier molecular flexibility index (Phi) is 7.33. The first-order valence-corrected chi connectivity index (χ1v) is 13.7. The zero-order chi connectivity index (χ0) is 29.3. The van der Waals surface area contributed by atoms with Crippen molar-refractivity contribution in [2.24, 2.45) is 10.9 Å². The molecule has 2 aliphatic rings. The molecule has 42 heavy (non-hydrogen) atoms. The summed E-state index contributed by atoms with van der Waals surface area (Å²) in [7, 11) is 0. The van der Waals surface area contributed by atoms with E-state index >= 15 is 0 Å². The molecule has 4 heterocycles. The van der Waals surface area contributed by atoms with Gasteiger partial charge in [0.25, 0.3) is 11.8 Å². The lowest BCUT2D eigenvalue weighted by Crippen LogP contribution is -2.42. The molecule has 2 N–H and O–H groups in total. The van der Waals surface area contributed by atoms with Gasteiger partial charge in [-0.25, -0.2) is 28.1 Å². The van der Waals surface area contributed by atoms with Gasteiger partial charge in [0, 0.05) is 42.9 Å². The van der Waals surface area contributed by atoms with Crippen molar-refractivity contribution in [2.45, 2.75) is 4.75 Å². The number of anilines is 2. The number of rotatable bonds is 5. The maximum Gasteiger partial charge on any atom is 0.277 e. The van der Waals surface area contributed by atoms with Gasteiger partial charge in [-0.3, -0.25) is 14.6 Å². The van der Waals surface area contributed by atoms with Crippen LogP contribution in [0.4, 0.5) is 24.8 Å². The molecule has 1 fully saturated rings. The molecule has 4 aromatic rings. The van der Waals surface area contributed by atoms with Crippen LogP contribution in [-0.4, -0.2) is 51.6 Å². The lowest BCUT2D eigenvalue weighted by Gasteiger charge is -2.37. The molecular formula is C29H22F3N7O2S. The minimum atomic E-state index is -1.08. The predicted molar refractivity (Wildman–Crippen MR) is 152 cm³/mol. The second-order valence-corrected chi connectivity index (χ2v) is 11.1. The van der Waals surface area contributed by atoms with E-state index in [9.17, 15) is 22.8 Å². The van der Waals surface area contributed by atoms with Crippen molar-refractivity contribution in [1.82, 2.24) is 20.3 Å². The Morgan fingerprint density at radius 2 is 1.64 bits per heavy atom. The summed E-state index contributed by atoms with van der Waals surface area (Å²) in [5.74, 6) is -3.38. The number of nitrogens with zero attached hydrogens (tertiary/aromatic N) is 5. The third kappa shape index (κ3) is 5.42. The Balaban J connectivity index is 1.31. The van der Waals surface area contributed by atoms with Gasteiger partial charge in [-0.05, 0) is 29.8 Å². The molecule has 212 valence electrons. The lowest BCUT2D eigenvalue weighted by molar-refractivity contribution is 0.0976. The highest BCUT2D eigenvalue weighted by Gasteiger charge is 2.52. The minimum absolute atomic E-state index is 0.0734. The standard InChI is InChI=1S/C29H22F3N7O2S/c30-20-10-23(32)24(33-12-20)26(41)37-22-8-4-7-18(9-22)29-16-39(27-34-13-21(31)14-35-27)15-19(29)11-36-28(42-29)38-25(40)17-5-2-1-3-6-17/h1-10,12-14,19H,11,15-16H2,(H,37,41)(H,36,38,40)/t19-,29+/m0/s1. The van der Waals surface area contributed by atoms with Crippen molar-refractivity contribution in [3.63, 3.8) is 0 Å². The van der Waals surface area contributed by atoms with E-state index in [1.54, 1.807) is 42.5 Å². The first kappa shape index (κ1) is 27.4. The molecule has 2 amide bonds. The van der Waals surface area contributed by atoms with E-state index in [0.29, 0.717) is 48.1 Å². The topological polar surface area (TPSA) is 112 Å². The lowest BCUT2D eigenvalue weighted by atomic mass is 9.87. The second-order valence-electron chi connectivity index (χ2n) is 9.76. The zero-order valence-electron chi connectivity index (χ0n) is 21.8. The first-order chi connectivity index (χ1) is 20.3. The SMILES string of the molecule is O=C(NC1=NC[C@H]2CN(c3ncc(F)cn3)C[C@]2(c2cccc(NC(=O)c3ncc(F)cc3F)c2)S1)c1ccccc1. The van der Waals surface area contributed by atoms with Crippen molar-refractivity contribution in [1.29, 1.82) is 0 Å². The summed E-state index contributed by atoms with van der Waals surface area (Å²) < 4.78 is 40.4.